The molecule has 1 aromatic heterocycles. The Labute approximate surface area is 301 Å². The Morgan fingerprint density at radius 1 is 0.863 bits per heavy atom. The van der Waals surface area contributed by atoms with E-state index in [1.165, 1.54) is 12.1 Å². The predicted molar refractivity (Wildman–Crippen MR) is 197 cm³/mol. The molecule has 1 amide bonds. The first-order valence-electron chi connectivity index (χ1n) is 18.2. The molecule has 0 bridgehead atoms. The number of methoxy groups -OCH3 is 3. The fourth-order valence-corrected chi connectivity index (χ4v) is 7.83. The fraction of sp³-hybridized carbons (Fsp3) is 0.500. The normalized spacial score (nSPS) is 18.4. The molecule has 6 rings (SSSR count). The minimum atomic E-state index is -0.554. The molecule has 2 aliphatic rings. The number of aromatic nitrogens is 2. The molecule has 11 heteroatoms. The molecule has 51 heavy (non-hydrogen) atoms. The molecule has 3 heterocycles. The van der Waals surface area contributed by atoms with Gasteiger partial charge in [0.05, 0.1) is 44.4 Å². The van der Waals surface area contributed by atoms with Gasteiger partial charge in [-0.3, -0.25) is 4.79 Å². The fourth-order valence-electron chi connectivity index (χ4n) is 7.83. The number of hydrogen-bond donors (Lipinski definition) is 0. The van der Waals surface area contributed by atoms with E-state index in [0.717, 1.165) is 93.1 Å². The number of likely N-dealkylation sites (tertiary alicyclic amines) is 1. The van der Waals surface area contributed by atoms with Gasteiger partial charge in [-0.15, -0.1) is 0 Å². The topological polar surface area (TPSA) is 81.5 Å². The van der Waals surface area contributed by atoms with Crippen LogP contribution in [0.15, 0.2) is 60.7 Å². The van der Waals surface area contributed by atoms with E-state index in [4.69, 9.17) is 23.9 Å². The van der Waals surface area contributed by atoms with Gasteiger partial charge in [0.25, 0.3) is 0 Å². The summed E-state index contributed by atoms with van der Waals surface area (Å²) in [6.45, 7) is 9.92. The number of amides is 1. The van der Waals surface area contributed by atoms with Gasteiger partial charge >= 0.3 is 0 Å². The molecule has 4 aromatic rings. The van der Waals surface area contributed by atoms with Crippen molar-refractivity contribution in [2.24, 2.45) is 5.41 Å². The van der Waals surface area contributed by atoms with Crippen molar-refractivity contribution in [3.8, 4) is 17.2 Å². The summed E-state index contributed by atoms with van der Waals surface area (Å²) in [5.41, 5.74) is 3.49. The van der Waals surface area contributed by atoms with Crippen LogP contribution in [0.5, 0.6) is 17.2 Å². The number of halogens is 1. The molecule has 0 spiro atoms. The predicted octanol–water partition coefficient (Wildman–Crippen LogP) is 6.19. The van der Waals surface area contributed by atoms with Gasteiger partial charge in [-0.1, -0.05) is 24.3 Å². The largest absolute Gasteiger partial charge is 0.493 e. The van der Waals surface area contributed by atoms with E-state index in [9.17, 15) is 9.18 Å². The van der Waals surface area contributed by atoms with Crippen LogP contribution in [-0.4, -0.2) is 99.1 Å². The molecule has 2 fully saturated rings. The van der Waals surface area contributed by atoms with Crippen LogP contribution in [0.1, 0.15) is 43.7 Å². The average Bonchev–Trinajstić information content (AvgIpc) is 3.54. The van der Waals surface area contributed by atoms with E-state index in [-0.39, 0.29) is 11.7 Å². The minimum Gasteiger partial charge on any atom is -0.493 e. The lowest BCUT2D eigenvalue weighted by atomic mass is 9.76. The second-order valence-corrected chi connectivity index (χ2v) is 13.6. The van der Waals surface area contributed by atoms with E-state index in [0.29, 0.717) is 50.0 Å². The van der Waals surface area contributed by atoms with Crippen LogP contribution in [-0.2, 0) is 29.0 Å². The van der Waals surface area contributed by atoms with Gasteiger partial charge in [-0.05, 0) is 99.6 Å². The molecule has 1 unspecified atom stereocenters. The third kappa shape index (κ3) is 8.25. The van der Waals surface area contributed by atoms with Gasteiger partial charge in [0.15, 0.2) is 11.5 Å². The van der Waals surface area contributed by atoms with Crippen LogP contribution in [0.25, 0.3) is 11.0 Å². The summed E-state index contributed by atoms with van der Waals surface area (Å²) in [7, 11) is 4.77. The molecule has 3 aromatic carbocycles. The summed E-state index contributed by atoms with van der Waals surface area (Å²) in [5.74, 6) is 2.55. The maximum absolute atomic E-state index is 14.4. The first-order chi connectivity index (χ1) is 24.9. The van der Waals surface area contributed by atoms with Crippen LogP contribution in [0.4, 0.5) is 10.3 Å². The van der Waals surface area contributed by atoms with Crippen molar-refractivity contribution in [3.05, 3.63) is 77.6 Å². The zero-order chi connectivity index (χ0) is 35.8. The highest BCUT2D eigenvalue weighted by Gasteiger charge is 2.46. The van der Waals surface area contributed by atoms with Gasteiger partial charge in [0, 0.05) is 45.9 Å². The van der Waals surface area contributed by atoms with Crippen molar-refractivity contribution < 1.29 is 28.1 Å². The van der Waals surface area contributed by atoms with E-state index < -0.39 is 5.41 Å². The smallest absolute Gasteiger partial charge is 0.229 e. The molecule has 2 aliphatic heterocycles. The average molecular weight is 702 g/mol. The maximum atomic E-state index is 14.4. The number of nitrogens with zero attached hydrogens (tertiary/aromatic N) is 5. The number of carbonyl (C=O) groups is 1. The first-order valence-corrected chi connectivity index (χ1v) is 18.2. The number of anilines is 1. The van der Waals surface area contributed by atoms with Crippen molar-refractivity contribution in [1.82, 2.24) is 19.4 Å². The van der Waals surface area contributed by atoms with Gasteiger partial charge in [0.2, 0.25) is 17.6 Å². The SMILES string of the molecule is CCOCCn1c(N2CCCN(CCCC3(Cc4ccc(F)cc4)CCN(Cc4cc(OC)c(OC)c(OC)c4)C3=O)CC2)nc2ccccc21. The van der Waals surface area contributed by atoms with Gasteiger partial charge < -0.3 is 38.2 Å². The van der Waals surface area contributed by atoms with Crippen LogP contribution >= 0.6 is 0 Å². The number of imidazole rings is 1. The number of hydrogen-bond acceptors (Lipinski definition) is 8. The molecule has 1 atom stereocenters. The molecule has 2 saturated heterocycles. The number of carbonyl (C=O) groups excluding carboxylic acids is 1. The van der Waals surface area contributed by atoms with Gasteiger partial charge in [-0.2, -0.15) is 0 Å². The Hall–Kier alpha value is -4.35. The van der Waals surface area contributed by atoms with E-state index >= 15 is 0 Å². The second kappa shape index (κ2) is 16.8. The molecule has 0 aliphatic carbocycles. The highest BCUT2D eigenvalue weighted by Crippen LogP contribution is 2.43. The number of para-hydroxylation sites is 2. The highest BCUT2D eigenvalue weighted by molar-refractivity contribution is 5.85. The van der Waals surface area contributed by atoms with Crippen LogP contribution in [0, 0.1) is 11.2 Å². The second-order valence-electron chi connectivity index (χ2n) is 13.6. The summed E-state index contributed by atoms with van der Waals surface area (Å²) < 4.78 is 38.5. The van der Waals surface area contributed by atoms with Crippen LogP contribution in [0.3, 0.4) is 0 Å². The summed E-state index contributed by atoms with van der Waals surface area (Å²) >= 11 is 0. The zero-order valence-corrected chi connectivity index (χ0v) is 30.5. The van der Waals surface area contributed by atoms with Gasteiger partial charge in [-0.25, -0.2) is 9.37 Å². The lowest BCUT2D eigenvalue weighted by Crippen LogP contribution is -2.37. The quantitative estimate of drug-likeness (QED) is 0.128. The Kier molecular flexibility index (Phi) is 12.0. The Morgan fingerprint density at radius 2 is 1.63 bits per heavy atom. The Balaban J connectivity index is 1.13. The van der Waals surface area contributed by atoms with Crippen molar-refractivity contribution in [2.45, 2.75) is 52.1 Å². The summed E-state index contributed by atoms with van der Waals surface area (Å²) in [6, 6.07) is 18.8. The molecule has 10 nitrogen and oxygen atoms in total. The number of rotatable bonds is 16. The summed E-state index contributed by atoms with van der Waals surface area (Å²) in [5, 5.41) is 0. The van der Waals surface area contributed by atoms with Crippen molar-refractivity contribution in [3.63, 3.8) is 0 Å². The third-order valence-electron chi connectivity index (χ3n) is 10.5. The molecule has 0 saturated carbocycles. The van der Waals surface area contributed by atoms with Crippen molar-refractivity contribution >= 4 is 22.9 Å². The monoisotopic (exact) mass is 701 g/mol. The molecule has 274 valence electrons. The minimum absolute atomic E-state index is 0.147. The lowest BCUT2D eigenvalue weighted by Gasteiger charge is -2.30. The maximum Gasteiger partial charge on any atom is 0.229 e. The van der Waals surface area contributed by atoms with E-state index in [1.807, 2.05) is 42.2 Å². The molecular formula is C40H52FN5O5. The van der Waals surface area contributed by atoms with E-state index in [2.05, 4.69) is 32.6 Å². The van der Waals surface area contributed by atoms with Crippen LogP contribution < -0.4 is 19.1 Å². The number of ether oxygens (including phenoxy) is 4. The van der Waals surface area contributed by atoms with Crippen molar-refractivity contribution in [1.29, 1.82) is 0 Å². The standard InChI is InChI=1S/C40H52FN5O5/c1-5-51-25-24-46-34-11-7-6-10-33(34)42-39(46)44-20-9-19-43(22-23-44)18-8-16-40(28-30-12-14-32(41)15-13-30)17-21-45(38(40)47)29-31-26-35(48-2)37(50-4)36(27-31)49-3/h6-7,10-15,26-27H,5,8-9,16-25,28-29H2,1-4H3. The Morgan fingerprint density at radius 3 is 2.35 bits per heavy atom. The third-order valence-corrected chi connectivity index (χ3v) is 10.5. The molecule has 0 radical (unpaired) electrons. The molecule has 0 N–H and O–H groups in total. The first kappa shape index (κ1) is 36.4. The summed E-state index contributed by atoms with van der Waals surface area (Å²) in [6.07, 6.45) is 4.04. The van der Waals surface area contributed by atoms with Gasteiger partial charge in [0.1, 0.15) is 5.82 Å². The Bertz CT molecular complexity index is 1740. The number of fused-ring (bicyclic) bond motifs is 1. The van der Waals surface area contributed by atoms with E-state index in [1.54, 1.807) is 21.3 Å². The molecular weight excluding hydrogens is 649 g/mol. The highest BCUT2D eigenvalue weighted by atomic mass is 19.1. The van der Waals surface area contributed by atoms with Crippen molar-refractivity contribution in [2.75, 3.05) is 78.7 Å². The lowest BCUT2D eigenvalue weighted by molar-refractivity contribution is -0.137. The van der Waals surface area contributed by atoms with Crippen LogP contribution in [0.2, 0.25) is 0 Å². The zero-order valence-electron chi connectivity index (χ0n) is 30.5. The number of benzene rings is 3. The summed E-state index contributed by atoms with van der Waals surface area (Å²) in [4.78, 5) is 26.4.